The molecule has 0 aliphatic heterocycles. The van der Waals surface area contributed by atoms with Crippen LogP contribution in [0.25, 0.3) is 0 Å². The maximum atomic E-state index is 13.6. The van der Waals surface area contributed by atoms with E-state index in [-0.39, 0.29) is 11.9 Å². The van der Waals surface area contributed by atoms with Crippen LogP contribution in [0.2, 0.25) is 0 Å². The average molecular weight is 227 g/mol. The van der Waals surface area contributed by atoms with E-state index < -0.39 is 0 Å². The minimum absolute atomic E-state index is 0.0820. The van der Waals surface area contributed by atoms with Gasteiger partial charge in [0, 0.05) is 10.9 Å². The Hall–Kier alpha value is -0.540. The van der Waals surface area contributed by atoms with Gasteiger partial charge in [-0.3, -0.25) is 0 Å². The van der Waals surface area contributed by atoms with E-state index in [9.17, 15) is 4.39 Å². The summed E-state index contributed by atoms with van der Waals surface area (Å²) < 4.78 is 13.6. The lowest BCUT2D eigenvalue weighted by Gasteiger charge is -2.07. The van der Waals surface area contributed by atoms with E-state index in [4.69, 9.17) is 5.73 Å². The van der Waals surface area contributed by atoms with Crippen LogP contribution < -0.4 is 5.73 Å². The quantitative estimate of drug-likeness (QED) is 0.782. The summed E-state index contributed by atoms with van der Waals surface area (Å²) in [5, 5.41) is 0. The summed E-state index contributed by atoms with van der Waals surface area (Å²) in [6, 6.07) is 5.50. The Morgan fingerprint density at radius 3 is 2.73 bits per heavy atom. The van der Waals surface area contributed by atoms with Gasteiger partial charge in [0.2, 0.25) is 0 Å². The van der Waals surface area contributed by atoms with Gasteiger partial charge in [-0.1, -0.05) is 13.0 Å². The Kier molecular flexibility index (Phi) is 5.12. The minimum atomic E-state index is -0.119. The molecule has 1 rings (SSSR count). The lowest BCUT2D eigenvalue weighted by atomic mass is 10.1. The Morgan fingerprint density at radius 1 is 1.47 bits per heavy atom. The first-order valence-electron chi connectivity index (χ1n) is 5.30. The molecule has 15 heavy (non-hydrogen) atoms. The predicted molar refractivity (Wildman–Crippen MR) is 64.8 cm³/mol. The van der Waals surface area contributed by atoms with Crippen LogP contribution in [0.1, 0.15) is 25.8 Å². The molecule has 0 heterocycles. The van der Waals surface area contributed by atoms with Gasteiger partial charge in [0.15, 0.2) is 0 Å². The van der Waals surface area contributed by atoms with Gasteiger partial charge in [-0.05, 0) is 43.2 Å². The molecule has 0 bridgehead atoms. The monoisotopic (exact) mass is 227 g/mol. The number of thioether (sulfide) groups is 1. The second-order valence-corrected chi connectivity index (χ2v) is 4.93. The van der Waals surface area contributed by atoms with Crippen molar-refractivity contribution < 1.29 is 4.39 Å². The van der Waals surface area contributed by atoms with Gasteiger partial charge in [0.25, 0.3) is 0 Å². The van der Waals surface area contributed by atoms with E-state index in [1.807, 2.05) is 19.1 Å². The fraction of sp³-hybridized carbons (Fsp3) is 0.500. The summed E-state index contributed by atoms with van der Waals surface area (Å²) in [6.07, 6.45) is 1.79. The number of rotatable bonds is 5. The van der Waals surface area contributed by atoms with Crippen LogP contribution in [-0.4, -0.2) is 11.8 Å². The fourth-order valence-electron chi connectivity index (χ4n) is 1.37. The van der Waals surface area contributed by atoms with Gasteiger partial charge in [-0.15, -0.1) is 11.8 Å². The third kappa shape index (κ3) is 4.22. The largest absolute Gasteiger partial charge is 0.328 e. The third-order valence-corrected chi connectivity index (χ3v) is 3.27. The normalized spacial score (nSPS) is 12.8. The molecule has 0 fully saturated rings. The number of hydrogen-bond donors (Lipinski definition) is 1. The lowest BCUT2D eigenvalue weighted by molar-refractivity contribution is 0.597. The summed E-state index contributed by atoms with van der Waals surface area (Å²) in [4.78, 5) is 0.741. The summed E-state index contributed by atoms with van der Waals surface area (Å²) in [6.45, 7) is 4.02. The topological polar surface area (TPSA) is 26.0 Å². The molecule has 1 nitrogen and oxygen atoms in total. The van der Waals surface area contributed by atoms with Crippen LogP contribution in [-0.2, 0) is 6.42 Å². The first-order chi connectivity index (χ1) is 7.13. The van der Waals surface area contributed by atoms with Crippen molar-refractivity contribution in [3.05, 3.63) is 29.6 Å². The van der Waals surface area contributed by atoms with Crippen molar-refractivity contribution in [2.45, 2.75) is 37.6 Å². The molecule has 0 aliphatic carbocycles. The number of hydrogen-bond acceptors (Lipinski definition) is 2. The molecule has 1 aromatic rings. The summed E-state index contributed by atoms with van der Waals surface area (Å²) >= 11 is 1.57. The summed E-state index contributed by atoms with van der Waals surface area (Å²) in [7, 11) is 0. The second-order valence-electron chi connectivity index (χ2n) is 3.79. The molecular weight excluding hydrogens is 209 g/mol. The average Bonchev–Trinajstić information content (AvgIpc) is 2.15. The standard InChI is InChI=1S/C12H18FNS/c1-3-6-15-12-5-4-10(7-9(2)14)8-11(12)13/h4-5,8-9H,3,6-7,14H2,1-2H3. The Labute approximate surface area is 95.2 Å². The minimum Gasteiger partial charge on any atom is -0.328 e. The number of halogens is 1. The predicted octanol–water partition coefficient (Wildman–Crippen LogP) is 3.22. The molecule has 1 unspecified atom stereocenters. The SMILES string of the molecule is CCCSc1ccc(CC(C)N)cc1F. The molecule has 3 heteroatoms. The second kappa shape index (κ2) is 6.13. The first kappa shape index (κ1) is 12.5. The van der Waals surface area contributed by atoms with E-state index in [0.717, 1.165) is 29.1 Å². The van der Waals surface area contributed by atoms with Crippen molar-refractivity contribution >= 4 is 11.8 Å². The molecule has 0 amide bonds. The lowest BCUT2D eigenvalue weighted by Crippen LogP contribution is -2.17. The maximum absolute atomic E-state index is 13.6. The van der Waals surface area contributed by atoms with Gasteiger partial charge in [0.1, 0.15) is 5.82 Å². The Bertz CT molecular complexity index is 312. The maximum Gasteiger partial charge on any atom is 0.137 e. The highest BCUT2D eigenvalue weighted by molar-refractivity contribution is 7.99. The molecule has 0 aromatic heterocycles. The zero-order valence-electron chi connectivity index (χ0n) is 9.29. The van der Waals surface area contributed by atoms with E-state index in [1.165, 1.54) is 0 Å². The van der Waals surface area contributed by atoms with Crippen LogP contribution >= 0.6 is 11.8 Å². The van der Waals surface area contributed by atoms with E-state index in [2.05, 4.69) is 6.92 Å². The highest BCUT2D eigenvalue weighted by Crippen LogP contribution is 2.23. The van der Waals surface area contributed by atoms with Gasteiger partial charge in [-0.25, -0.2) is 4.39 Å². The zero-order chi connectivity index (χ0) is 11.3. The van der Waals surface area contributed by atoms with E-state index >= 15 is 0 Å². The summed E-state index contributed by atoms with van der Waals surface area (Å²) in [5.41, 5.74) is 6.64. The van der Waals surface area contributed by atoms with Crippen LogP contribution in [0.5, 0.6) is 0 Å². The van der Waals surface area contributed by atoms with Crippen molar-refractivity contribution in [1.29, 1.82) is 0 Å². The molecule has 0 saturated carbocycles. The molecule has 1 atom stereocenters. The van der Waals surface area contributed by atoms with Gasteiger partial charge in [-0.2, -0.15) is 0 Å². The molecule has 0 saturated heterocycles. The van der Waals surface area contributed by atoms with Gasteiger partial charge in [0.05, 0.1) is 0 Å². The van der Waals surface area contributed by atoms with Crippen molar-refractivity contribution in [1.82, 2.24) is 0 Å². The Balaban J connectivity index is 2.69. The van der Waals surface area contributed by atoms with Crippen LogP contribution in [0.4, 0.5) is 4.39 Å². The summed E-state index contributed by atoms with van der Waals surface area (Å²) in [5.74, 6) is 0.843. The van der Waals surface area contributed by atoms with Crippen molar-refractivity contribution in [3.63, 3.8) is 0 Å². The Morgan fingerprint density at radius 2 is 2.20 bits per heavy atom. The van der Waals surface area contributed by atoms with E-state index in [0.29, 0.717) is 0 Å². The van der Waals surface area contributed by atoms with Crippen molar-refractivity contribution in [2.24, 2.45) is 5.73 Å². The van der Waals surface area contributed by atoms with Crippen molar-refractivity contribution in [3.8, 4) is 0 Å². The number of benzene rings is 1. The first-order valence-corrected chi connectivity index (χ1v) is 6.29. The molecule has 0 aliphatic rings. The van der Waals surface area contributed by atoms with Gasteiger partial charge < -0.3 is 5.73 Å². The van der Waals surface area contributed by atoms with Crippen LogP contribution in [0.15, 0.2) is 23.1 Å². The highest BCUT2D eigenvalue weighted by Gasteiger charge is 2.05. The number of nitrogens with two attached hydrogens (primary N) is 1. The molecule has 2 N–H and O–H groups in total. The third-order valence-electron chi connectivity index (χ3n) is 2.02. The molecule has 0 radical (unpaired) electrons. The van der Waals surface area contributed by atoms with Crippen LogP contribution in [0, 0.1) is 5.82 Å². The van der Waals surface area contributed by atoms with Gasteiger partial charge >= 0.3 is 0 Å². The van der Waals surface area contributed by atoms with Crippen molar-refractivity contribution in [2.75, 3.05) is 5.75 Å². The fourth-order valence-corrected chi connectivity index (χ4v) is 2.16. The molecule has 0 spiro atoms. The van der Waals surface area contributed by atoms with Crippen LogP contribution in [0.3, 0.4) is 0 Å². The smallest absolute Gasteiger partial charge is 0.137 e. The highest BCUT2D eigenvalue weighted by atomic mass is 32.2. The molecule has 84 valence electrons. The van der Waals surface area contributed by atoms with E-state index in [1.54, 1.807) is 17.8 Å². The molecule has 1 aromatic carbocycles. The zero-order valence-corrected chi connectivity index (χ0v) is 10.1. The molecular formula is C12H18FNS.